The molecule has 0 aliphatic heterocycles. The molecular formula is C13H23N4O3+. The summed E-state index contributed by atoms with van der Waals surface area (Å²) in [6, 6.07) is 0. The zero-order chi connectivity index (χ0) is 15.3. The standard InChI is InChI=1S/C13H22N4O3/c1-5-17(6-2)8-7-14-9-10-11(18)15(3)13(20)16(4)12(10)19/h9,18H,5-8H2,1-4H3/p+1. The smallest absolute Gasteiger partial charge is 0.333 e. The lowest BCUT2D eigenvalue weighted by Crippen LogP contribution is -3.11. The van der Waals surface area contributed by atoms with Gasteiger partial charge in [-0.1, -0.05) is 0 Å². The predicted molar refractivity (Wildman–Crippen MR) is 78.0 cm³/mol. The monoisotopic (exact) mass is 283 g/mol. The molecule has 7 heteroatoms. The Bertz CT molecular complexity index is 597. The molecule has 0 atom stereocenters. The Balaban J connectivity index is 2.94. The molecule has 0 radical (unpaired) electrons. The van der Waals surface area contributed by atoms with E-state index in [-0.39, 0.29) is 11.4 Å². The molecule has 0 amide bonds. The van der Waals surface area contributed by atoms with Crippen molar-refractivity contribution in [3.8, 4) is 5.88 Å². The number of rotatable bonds is 6. The number of aromatic hydroxyl groups is 1. The van der Waals surface area contributed by atoms with E-state index in [4.69, 9.17) is 0 Å². The SMILES string of the molecule is CC[NH+](CC)CCN=Cc1c(O)n(C)c(=O)n(C)c1=O. The summed E-state index contributed by atoms with van der Waals surface area (Å²) in [6.45, 7) is 7.71. The summed E-state index contributed by atoms with van der Waals surface area (Å²) in [5.74, 6) is -0.350. The quantitative estimate of drug-likeness (QED) is 0.600. The number of nitrogens with zero attached hydrogens (tertiary/aromatic N) is 3. The summed E-state index contributed by atoms with van der Waals surface area (Å²) in [6.07, 6.45) is 1.35. The zero-order valence-corrected chi connectivity index (χ0v) is 12.5. The normalized spacial score (nSPS) is 11.7. The van der Waals surface area contributed by atoms with Gasteiger partial charge in [0.05, 0.1) is 26.2 Å². The van der Waals surface area contributed by atoms with E-state index in [1.165, 1.54) is 25.2 Å². The Labute approximate surface area is 117 Å². The lowest BCUT2D eigenvalue weighted by Gasteiger charge is -2.13. The minimum Gasteiger partial charge on any atom is -0.494 e. The third-order valence-corrected chi connectivity index (χ3v) is 3.48. The second kappa shape index (κ2) is 7.04. The molecule has 0 unspecified atom stereocenters. The minimum atomic E-state index is -0.558. The average molecular weight is 283 g/mol. The van der Waals surface area contributed by atoms with Crippen LogP contribution in [0.1, 0.15) is 19.4 Å². The first kappa shape index (κ1) is 16.2. The number of quaternary nitrogens is 1. The van der Waals surface area contributed by atoms with Gasteiger partial charge < -0.3 is 10.0 Å². The van der Waals surface area contributed by atoms with Gasteiger partial charge in [0.2, 0.25) is 5.88 Å². The maximum atomic E-state index is 11.9. The Morgan fingerprint density at radius 1 is 1.20 bits per heavy atom. The fraction of sp³-hybridized carbons (Fsp3) is 0.615. The van der Waals surface area contributed by atoms with E-state index >= 15 is 0 Å². The molecule has 0 saturated carbocycles. The van der Waals surface area contributed by atoms with E-state index in [0.29, 0.717) is 6.54 Å². The van der Waals surface area contributed by atoms with Crippen molar-refractivity contribution in [3.63, 3.8) is 0 Å². The van der Waals surface area contributed by atoms with Gasteiger partial charge in [-0.05, 0) is 13.8 Å². The van der Waals surface area contributed by atoms with Gasteiger partial charge in [-0.2, -0.15) is 0 Å². The highest BCUT2D eigenvalue weighted by atomic mass is 16.3. The molecule has 7 nitrogen and oxygen atoms in total. The first-order valence-electron chi connectivity index (χ1n) is 6.76. The van der Waals surface area contributed by atoms with Crippen LogP contribution in [-0.2, 0) is 14.1 Å². The molecule has 0 aliphatic carbocycles. The maximum Gasteiger partial charge on any atom is 0.333 e. The van der Waals surface area contributed by atoms with E-state index in [1.807, 2.05) is 0 Å². The number of nitrogens with one attached hydrogen (secondary N) is 1. The van der Waals surface area contributed by atoms with Gasteiger partial charge in [0.15, 0.2) is 0 Å². The minimum absolute atomic E-state index is 0.0455. The van der Waals surface area contributed by atoms with Gasteiger partial charge in [0.1, 0.15) is 5.56 Å². The van der Waals surface area contributed by atoms with Crippen molar-refractivity contribution in [2.45, 2.75) is 13.8 Å². The van der Waals surface area contributed by atoms with Crippen LogP contribution >= 0.6 is 0 Å². The second-order valence-corrected chi connectivity index (χ2v) is 4.69. The topological polar surface area (TPSA) is 81.0 Å². The number of likely N-dealkylation sites (N-methyl/N-ethyl adjacent to an activating group) is 1. The summed E-state index contributed by atoms with van der Waals surface area (Å²) >= 11 is 0. The van der Waals surface area contributed by atoms with Crippen LogP contribution in [0.4, 0.5) is 0 Å². The summed E-state index contributed by atoms with van der Waals surface area (Å²) in [5.41, 5.74) is -1.05. The number of hydrogen-bond acceptors (Lipinski definition) is 4. The lowest BCUT2D eigenvalue weighted by molar-refractivity contribution is -0.894. The van der Waals surface area contributed by atoms with Crippen LogP contribution < -0.4 is 16.1 Å². The van der Waals surface area contributed by atoms with Crippen molar-refractivity contribution in [3.05, 3.63) is 26.4 Å². The number of aliphatic imine (C=N–C) groups is 1. The average Bonchev–Trinajstić information content (AvgIpc) is 2.46. The van der Waals surface area contributed by atoms with E-state index in [9.17, 15) is 14.7 Å². The fourth-order valence-electron chi connectivity index (χ4n) is 1.95. The molecular weight excluding hydrogens is 260 g/mol. The van der Waals surface area contributed by atoms with Gasteiger partial charge >= 0.3 is 5.69 Å². The van der Waals surface area contributed by atoms with Gasteiger partial charge in [0.25, 0.3) is 5.56 Å². The maximum absolute atomic E-state index is 11.9. The van der Waals surface area contributed by atoms with Gasteiger partial charge in [0, 0.05) is 20.3 Å². The van der Waals surface area contributed by atoms with Crippen molar-refractivity contribution < 1.29 is 10.0 Å². The van der Waals surface area contributed by atoms with Gasteiger partial charge in [-0.25, -0.2) is 4.79 Å². The van der Waals surface area contributed by atoms with Crippen LogP contribution in [0, 0.1) is 0 Å². The lowest BCUT2D eigenvalue weighted by atomic mass is 10.3. The molecule has 1 rings (SSSR count). The summed E-state index contributed by atoms with van der Waals surface area (Å²) in [7, 11) is 2.79. The Hall–Kier alpha value is -1.89. The Morgan fingerprint density at radius 3 is 2.35 bits per heavy atom. The highest BCUT2D eigenvalue weighted by Gasteiger charge is 2.12. The van der Waals surface area contributed by atoms with Crippen molar-refractivity contribution >= 4 is 6.21 Å². The van der Waals surface area contributed by atoms with Crippen molar-refractivity contribution in [1.29, 1.82) is 0 Å². The predicted octanol–water partition coefficient (Wildman–Crippen LogP) is -1.87. The highest BCUT2D eigenvalue weighted by molar-refractivity contribution is 5.81. The highest BCUT2D eigenvalue weighted by Crippen LogP contribution is 2.05. The first-order valence-corrected chi connectivity index (χ1v) is 6.76. The van der Waals surface area contributed by atoms with E-state index in [1.54, 1.807) is 0 Å². The largest absolute Gasteiger partial charge is 0.494 e. The van der Waals surface area contributed by atoms with Crippen LogP contribution in [0.3, 0.4) is 0 Å². The van der Waals surface area contributed by atoms with E-state index in [0.717, 1.165) is 28.8 Å². The Morgan fingerprint density at radius 2 is 1.80 bits per heavy atom. The van der Waals surface area contributed by atoms with Crippen molar-refractivity contribution in [1.82, 2.24) is 9.13 Å². The Kier molecular flexibility index (Phi) is 5.69. The third-order valence-electron chi connectivity index (χ3n) is 3.48. The molecule has 0 spiro atoms. The van der Waals surface area contributed by atoms with Gasteiger partial charge in [-0.15, -0.1) is 0 Å². The van der Waals surface area contributed by atoms with E-state index in [2.05, 4.69) is 18.8 Å². The fourth-order valence-corrected chi connectivity index (χ4v) is 1.95. The zero-order valence-electron chi connectivity index (χ0n) is 12.5. The molecule has 0 bridgehead atoms. The first-order chi connectivity index (χ1) is 9.43. The molecule has 0 aliphatic rings. The van der Waals surface area contributed by atoms with Crippen molar-refractivity contribution in [2.75, 3.05) is 26.2 Å². The van der Waals surface area contributed by atoms with Crippen LogP contribution in [0.25, 0.3) is 0 Å². The van der Waals surface area contributed by atoms with Crippen LogP contribution in [0.5, 0.6) is 5.88 Å². The molecule has 112 valence electrons. The van der Waals surface area contributed by atoms with Crippen LogP contribution in [0.15, 0.2) is 14.6 Å². The second-order valence-electron chi connectivity index (χ2n) is 4.69. The summed E-state index contributed by atoms with van der Waals surface area (Å²) < 4.78 is 1.98. The molecule has 2 N–H and O–H groups in total. The van der Waals surface area contributed by atoms with Crippen LogP contribution in [-0.4, -0.2) is 46.6 Å². The molecule has 1 aromatic rings. The molecule has 1 aromatic heterocycles. The van der Waals surface area contributed by atoms with Gasteiger partial charge in [-0.3, -0.25) is 18.9 Å². The van der Waals surface area contributed by atoms with Crippen LogP contribution in [0.2, 0.25) is 0 Å². The molecule has 0 aromatic carbocycles. The number of aromatic nitrogens is 2. The molecule has 20 heavy (non-hydrogen) atoms. The third kappa shape index (κ3) is 3.36. The molecule has 0 saturated heterocycles. The number of hydrogen-bond donors (Lipinski definition) is 2. The molecule has 0 fully saturated rings. The summed E-state index contributed by atoms with van der Waals surface area (Å²) in [5, 5.41) is 9.84. The van der Waals surface area contributed by atoms with E-state index < -0.39 is 11.2 Å². The summed E-state index contributed by atoms with van der Waals surface area (Å²) in [4.78, 5) is 29.1. The molecule has 1 heterocycles. The van der Waals surface area contributed by atoms with Crippen molar-refractivity contribution in [2.24, 2.45) is 19.1 Å².